The summed E-state index contributed by atoms with van der Waals surface area (Å²) in [5.41, 5.74) is 6.89. The Kier molecular flexibility index (Phi) is 6.34. The van der Waals surface area contributed by atoms with Gasteiger partial charge in [0.1, 0.15) is 31.0 Å². The van der Waals surface area contributed by atoms with Crippen molar-refractivity contribution >= 4 is 22.6 Å². The fourth-order valence-electron chi connectivity index (χ4n) is 3.89. The number of quaternary nitrogens is 1. The molecule has 2 N–H and O–H groups in total. The van der Waals surface area contributed by atoms with Crippen molar-refractivity contribution < 1.29 is 23.6 Å². The standard InChI is InChI=1S/C24H27N3O4/c1-16-20-6-4-5-7-22(20)31-23(16)24(28)26-25-17(2)18-8-9-21(29-3)19(14-18)15-27-10-12-30-13-11-27/h4-9,14H,10-13,15H2,1-3H3,(H,26,28)/p+1/b25-17-. The number of rotatable bonds is 6. The number of carbonyl (C=O) groups is 1. The molecule has 0 unspecified atom stereocenters. The fraction of sp³-hybridized carbons (Fsp3) is 0.333. The van der Waals surface area contributed by atoms with E-state index in [-0.39, 0.29) is 11.7 Å². The molecular weight excluding hydrogens is 394 g/mol. The molecule has 0 bridgehead atoms. The molecule has 1 aliphatic heterocycles. The number of amides is 1. The molecule has 0 saturated carbocycles. The van der Waals surface area contributed by atoms with Crippen molar-refractivity contribution in [3.05, 3.63) is 64.9 Å². The van der Waals surface area contributed by atoms with Crippen LogP contribution in [0, 0.1) is 6.92 Å². The van der Waals surface area contributed by atoms with Crippen molar-refractivity contribution in [3.63, 3.8) is 0 Å². The minimum atomic E-state index is -0.362. The van der Waals surface area contributed by atoms with E-state index in [1.165, 1.54) is 4.90 Å². The number of hydrazone groups is 1. The molecule has 0 aliphatic carbocycles. The van der Waals surface area contributed by atoms with Crippen LogP contribution in [0.25, 0.3) is 11.0 Å². The molecule has 7 heteroatoms. The van der Waals surface area contributed by atoms with Gasteiger partial charge in [-0.15, -0.1) is 0 Å². The van der Waals surface area contributed by atoms with Crippen molar-refractivity contribution in [1.82, 2.24) is 5.43 Å². The Hall–Kier alpha value is -3.16. The number of fused-ring (bicyclic) bond motifs is 1. The predicted octanol–water partition coefficient (Wildman–Crippen LogP) is 2.32. The zero-order valence-corrected chi connectivity index (χ0v) is 18.2. The van der Waals surface area contributed by atoms with E-state index in [4.69, 9.17) is 13.9 Å². The molecule has 1 amide bonds. The van der Waals surface area contributed by atoms with Crippen LogP contribution in [-0.4, -0.2) is 45.0 Å². The Balaban J connectivity index is 1.51. The van der Waals surface area contributed by atoms with Gasteiger partial charge >= 0.3 is 5.91 Å². The summed E-state index contributed by atoms with van der Waals surface area (Å²) in [7, 11) is 1.68. The summed E-state index contributed by atoms with van der Waals surface area (Å²) in [6, 6.07) is 13.6. The Morgan fingerprint density at radius 2 is 1.97 bits per heavy atom. The van der Waals surface area contributed by atoms with Gasteiger partial charge in [0.25, 0.3) is 0 Å². The number of para-hydroxylation sites is 1. The van der Waals surface area contributed by atoms with Crippen LogP contribution in [0.3, 0.4) is 0 Å². The maximum absolute atomic E-state index is 12.7. The molecule has 1 aliphatic rings. The number of nitrogens with one attached hydrogen (secondary N) is 2. The minimum absolute atomic E-state index is 0.282. The molecule has 2 aromatic carbocycles. The van der Waals surface area contributed by atoms with Crippen LogP contribution in [0.1, 0.15) is 34.2 Å². The van der Waals surface area contributed by atoms with E-state index in [0.717, 1.165) is 60.7 Å². The number of hydrogen-bond donors (Lipinski definition) is 2. The first-order valence-corrected chi connectivity index (χ1v) is 10.5. The highest BCUT2D eigenvalue weighted by atomic mass is 16.5. The normalized spacial score (nSPS) is 15.3. The van der Waals surface area contributed by atoms with Crippen molar-refractivity contribution in [1.29, 1.82) is 0 Å². The van der Waals surface area contributed by atoms with Crippen LogP contribution in [0.2, 0.25) is 0 Å². The highest BCUT2D eigenvalue weighted by Crippen LogP contribution is 2.25. The lowest BCUT2D eigenvalue weighted by atomic mass is 10.1. The van der Waals surface area contributed by atoms with Crippen LogP contribution in [0.4, 0.5) is 0 Å². The quantitative estimate of drug-likeness (QED) is 0.472. The summed E-state index contributed by atoms with van der Waals surface area (Å²) >= 11 is 0. The van der Waals surface area contributed by atoms with E-state index in [1.807, 2.05) is 50.2 Å². The second-order valence-corrected chi connectivity index (χ2v) is 7.76. The van der Waals surface area contributed by atoms with E-state index in [0.29, 0.717) is 11.3 Å². The maximum Gasteiger partial charge on any atom is 0.307 e. The summed E-state index contributed by atoms with van der Waals surface area (Å²) < 4.78 is 16.7. The molecule has 31 heavy (non-hydrogen) atoms. The van der Waals surface area contributed by atoms with Gasteiger partial charge in [0, 0.05) is 16.5 Å². The number of methoxy groups -OCH3 is 1. The number of carbonyl (C=O) groups excluding carboxylic acids is 1. The van der Waals surface area contributed by atoms with E-state index >= 15 is 0 Å². The van der Waals surface area contributed by atoms with Crippen molar-refractivity contribution in [2.45, 2.75) is 20.4 Å². The molecule has 0 spiro atoms. The third-order valence-corrected chi connectivity index (χ3v) is 5.71. The number of morpholine rings is 1. The van der Waals surface area contributed by atoms with E-state index in [1.54, 1.807) is 7.11 Å². The molecule has 4 rings (SSSR count). The lowest BCUT2D eigenvalue weighted by Crippen LogP contribution is -3.12. The van der Waals surface area contributed by atoms with Crippen LogP contribution in [0.15, 0.2) is 52.0 Å². The predicted molar refractivity (Wildman–Crippen MR) is 119 cm³/mol. The van der Waals surface area contributed by atoms with Gasteiger partial charge in [-0.05, 0) is 43.7 Å². The number of furan rings is 1. The first kappa shape index (κ1) is 21.1. The molecule has 162 valence electrons. The molecule has 7 nitrogen and oxygen atoms in total. The minimum Gasteiger partial charge on any atom is -0.496 e. The molecule has 1 fully saturated rings. The number of nitrogens with zero attached hydrogens (tertiary/aromatic N) is 1. The van der Waals surface area contributed by atoms with Gasteiger partial charge in [0.15, 0.2) is 5.76 Å². The van der Waals surface area contributed by atoms with Crippen LogP contribution >= 0.6 is 0 Å². The fourth-order valence-corrected chi connectivity index (χ4v) is 3.89. The zero-order valence-electron chi connectivity index (χ0n) is 18.2. The van der Waals surface area contributed by atoms with Crippen LogP contribution < -0.4 is 15.1 Å². The Morgan fingerprint density at radius 1 is 1.19 bits per heavy atom. The van der Waals surface area contributed by atoms with E-state index in [9.17, 15) is 4.79 Å². The number of hydrogen-bond acceptors (Lipinski definition) is 5. The Morgan fingerprint density at radius 3 is 2.71 bits per heavy atom. The number of ether oxygens (including phenoxy) is 2. The maximum atomic E-state index is 12.7. The molecule has 0 atom stereocenters. The number of aryl methyl sites for hydroxylation is 1. The number of benzene rings is 2. The molecular formula is C24H28N3O4+. The largest absolute Gasteiger partial charge is 0.496 e. The highest BCUT2D eigenvalue weighted by molar-refractivity contribution is 6.02. The van der Waals surface area contributed by atoms with Gasteiger partial charge in [0.2, 0.25) is 0 Å². The zero-order chi connectivity index (χ0) is 21.8. The highest BCUT2D eigenvalue weighted by Gasteiger charge is 2.19. The lowest BCUT2D eigenvalue weighted by molar-refractivity contribution is -0.921. The van der Waals surface area contributed by atoms with Crippen LogP contribution in [-0.2, 0) is 11.3 Å². The third kappa shape index (κ3) is 4.62. The average molecular weight is 423 g/mol. The SMILES string of the molecule is COc1ccc(/C(C)=N\NC(=O)c2oc3ccccc3c2C)cc1C[NH+]1CCOCC1. The summed E-state index contributed by atoms with van der Waals surface area (Å²) in [6.07, 6.45) is 0. The van der Waals surface area contributed by atoms with Gasteiger partial charge < -0.3 is 18.8 Å². The molecule has 2 heterocycles. The Labute approximate surface area is 181 Å². The molecule has 1 saturated heterocycles. The molecule has 0 radical (unpaired) electrons. The second-order valence-electron chi connectivity index (χ2n) is 7.76. The van der Waals surface area contributed by atoms with Crippen molar-refractivity contribution in [3.8, 4) is 5.75 Å². The van der Waals surface area contributed by atoms with Crippen molar-refractivity contribution in [2.75, 3.05) is 33.4 Å². The van der Waals surface area contributed by atoms with Gasteiger partial charge in [-0.3, -0.25) is 4.79 Å². The smallest absolute Gasteiger partial charge is 0.307 e. The lowest BCUT2D eigenvalue weighted by Gasteiger charge is -2.24. The van der Waals surface area contributed by atoms with Gasteiger partial charge in [0.05, 0.1) is 26.0 Å². The van der Waals surface area contributed by atoms with Gasteiger partial charge in [-0.2, -0.15) is 5.10 Å². The van der Waals surface area contributed by atoms with Crippen LogP contribution in [0.5, 0.6) is 5.75 Å². The summed E-state index contributed by atoms with van der Waals surface area (Å²) in [4.78, 5) is 14.1. The van der Waals surface area contributed by atoms with Gasteiger partial charge in [-0.25, -0.2) is 5.43 Å². The topological polar surface area (TPSA) is 77.5 Å². The average Bonchev–Trinajstić information content (AvgIpc) is 3.14. The summed E-state index contributed by atoms with van der Waals surface area (Å²) in [5, 5.41) is 5.24. The third-order valence-electron chi connectivity index (χ3n) is 5.71. The first-order chi connectivity index (χ1) is 15.1. The Bertz CT molecular complexity index is 1110. The van der Waals surface area contributed by atoms with E-state index < -0.39 is 0 Å². The van der Waals surface area contributed by atoms with Crippen molar-refractivity contribution in [2.24, 2.45) is 5.10 Å². The molecule has 3 aromatic rings. The van der Waals surface area contributed by atoms with E-state index in [2.05, 4.69) is 16.6 Å². The second kappa shape index (κ2) is 9.32. The first-order valence-electron chi connectivity index (χ1n) is 10.5. The monoisotopic (exact) mass is 422 g/mol. The summed E-state index contributed by atoms with van der Waals surface area (Å²) in [5.74, 6) is 0.779. The van der Waals surface area contributed by atoms with Gasteiger partial charge in [-0.1, -0.05) is 18.2 Å². The summed E-state index contributed by atoms with van der Waals surface area (Å²) in [6.45, 7) is 8.13. The molecule has 1 aromatic heterocycles.